The average Bonchev–Trinajstić information content (AvgIpc) is 2.71. The van der Waals surface area contributed by atoms with Crippen LogP contribution in [0.2, 0.25) is 17.5 Å². The van der Waals surface area contributed by atoms with E-state index < -0.39 is 0 Å². The molecular formula is C26H39BO-. The number of ether oxygens (including phenoxy) is 1. The van der Waals surface area contributed by atoms with Gasteiger partial charge in [-0.25, -0.2) is 0 Å². The monoisotopic (exact) mass is 378 g/mol. The maximum absolute atomic E-state index is 6.19. The van der Waals surface area contributed by atoms with Gasteiger partial charge in [-0.15, -0.1) is 6.71 Å². The lowest BCUT2D eigenvalue weighted by Crippen LogP contribution is -2.58. The number of benzene rings is 1. The highest BCUT2D eigenvalue weighted by Crippen LogP contribution is 2.68. The lowest BCUT2D eigenvalue weighted by molar-refractivity contribution is -0.112. The van der Waals surface area contributed by atoms with E-state index >= 15 is 0 Å². The minimum absolute atomic E-state index is 0.588. The summed E-state index contributed by atoms with van der Waals surface area (Å²) in [6.07, 6.45) is 13.5. The molecule has 1 nitrogen and oxygen atoms in total. The number of fused-ring (bicyclic) bond motifs is 5. The predicted molar refractivity (Wildman–Crippen MR) is 119 cm³/mol. The molecule has 1 radical (unpaired) electrons. The molecule has 4 atom stereocenters. The third-order valence-electron chi connectivity index (χ3n) is 9.76. The molecule has 0 amide bonds. The molecule has 0 N–H and O–H groups in total. The first-order chi connectivity index (χ1) is 13.6. The Labute approximate surface area is 173 Å². The van der Waals surface area contributed by atoms with Gasteiger partial charge in [-0.3, -0.25) is 0 Å². The van der Waals surface area contributed by atoms with E-state index in [2.05, 4.69) is 44.2 Å². The summed E-state index contributed by atoms with van der Waals surface area (Å²) in [5.74, 6) is 6.01. The Balaban J connectivity index is 1.26. The second-order valence-electron chi connectivity index (χ2n) is 11.2. The number of hydrogen-bond acceptors (Lipinski definition) is 1. The molecule has 2 unspecified atom stereocenters. The smallest absolute Gasteiger partial charge is 0.0716 e. The van der Waals surface area contributed by atoms with Crippen molar-refractivity contribution in [3.8, 4) is 0 Å². The van der Waals surface area contributed by atoms with Gasteiger partial charge >= 0.3 is 0 Å². The van der Waals surface area contributed by atoms with Crippen molar-refractivity contribution in [2.75, 3.05) is 6.61 Å². The molecule has 6 rings (SSSR count). The molecule has 5 aliphatic rings. The van der Waals surface area contributed by atoms with Crippen molar-refractivity contribution < 1.29 is 4.74 Å². The molecule has 4 bridgehead atoms. The van der Waals surface area contributed by atoms with Gasteiger partial charge in [-0.2, -0.15) is 17.5 Å². The van der Waals surface area contributed by atoms with Gasteiger partial charge in [0.25, 0.3) is 0 Å². The van der Waals surface area contributed by atoms with Gasteiger partial charge in [0.2, 0.25) is 0 Å². The van der Waals surface area contributed by atoms with Gasteiger partial charge < -0.3 is 4.74 Å². The Bertz CT molecular complexity index is 634. The van der Waals surface area contributed by atoms with Gasteiger partial charge in [0, 0.05) is 6.61 Å². The normalized spacial score (nSPS) is 39.4. The minimum Gasteiger partial charge on any atom is -0.377 e. The highest BCUT2D eigenvalue weighted by Gasteiger charge is 2.56. The Morgan fingerprint density at radius 3 is 2.29 bits per heavy atom. The van der Waals surface area contributed by atoms with Gasteiger partial charge in [0.05, 0.1) is 6.61 Å². The van der Waals surface area contributed by atoms with Crippen LogP contribution in [0.3, 0.4) is 0 Å². The van der Waals surface area contributed by atoms with E-state index in [0.29, 0.717) is 5.41 Å². The Morgan fingerprint density at radius 1 is 0.964 bits per heavy atom. The Hall–Kier alpha value is -0.755. The summed E-state index contributed by atoms with van der Waals surface area (Å²) >= 11 is 0. The molecule has 2 heteroatoms. The van der Waals surface area contributed by atoms with Crippen LogP contribution in [0.5, 0.6) is 0 Å². The van der Waals surface area contributed by atoms with Crippen LogP contribution in [0.4, 0.5) is 0 Å². The van der Waals surface area contributed by atoms with E-state index in [1.54, 1.807) is 0 Å². The van der Waals surface area contributed by atoms with Crippen molar-refractivity contribution in [1.29, 1.82) is 0 Å². The van der Waals surface area contributed by atoms with Crippen LogP contribution >= 0.6 is 0 Å². The summed E-state index contributed by atoms with van der Waals surface area (Å²) < 4.78 is 6.19. The molecule has 0 spiro atoms. The maximum Gasteiger partial charge on any atom is 0.0716 e. The van der Waals surface area contributed by atoms with Gasteiger partial charge in [0.15, 0.2) is 0 Å². The summed E-state index contributed by atoms with van der Waals surface area (Å²) in [5, 5.41) is 0. The number of hydrogen-bond donors (Lipinski definition) is 0. The zero-order valence-corrected chi connectivity index (χ0v) is 18.1. The summed E-state index contributed by atoms with van der Waals surface area (Å²) in [6, 6.07) is 10.7. The van der Waals surface area contributed by atoms with E-state index in [1.165, 1.54) is 63.4 Å². The lowest BCUT2D eigenvalue weighted by atomic mass is 9.18. The number of rotatable bonds is 6. The van der Waals surface area contributed by atoms with E-state index in [-0.39, 0.29) is 0 Å². The standard InChI is InChI=1S/C26H39BO/c1-26(2)20-16-24(26)23(14-15-28-18-19-8-4-3-5-9-19)25(17-20)27-21-10-6-11-22(27)13-7-12-21/h3-5,8-9,20-25H,6-7,10-18H2,1-2H3/q-1/t20-,21?,22?,23?,24+,25?/m1/s1. The molecule has 2 saturated heterocycles. The van der Waals surface area contributed by atoms with Crippen LogP contribution < -0.4 is 0 Å². The van der Waals surface area contributed by atoms with E-state index in [4.69, 9.17) is 4.74 Å². The van der Waals surface area contributed by atoms with Crippen LogP contribution in [0.25, 0.3) is 0 Å². The second kappa shape index (κ2) is 7.82. The molecule has 153 valence electrons. The van der Waals surface area contributed by atoms with Crippen LogP contribution in [0, 0.1) is 23.2 Å². The maximum atomic E-state index is 6.19. The first kappa shape index (κ1) is 19.2. The molecule has 3 saturated carbocycles. The molecule has 1 aromatic carbocycles. The van der Waals surface area contributed by atoms with E-state index in [1.807, 2.05) is 0 Å². The average molecular weight is 378 g/mol. The fourth-order valence-corrected chi connectivity index (χ4v) is 8.25. The molecular weight excluding hydrogens is 339 g/mol. The Kier molecular flexibility index (Phi) is 5.37. The molecule has 3 aliphatic carbocycles. The lowest BCUT2D eigenvalue weighted by Gasteiger charge is -2.70. The van der Waals surface area contributed by atoms with Crippen LogP contribution in [-0.4, -0.2) is 13.3 Å². The molecule has 2 aliphatic heterocycles. The van der Waals surface area contributed by atoms with E-state index in [9.17, 15) is 0 Å². The largest absolute Gasteiger partial charge is 0.377 e. The molecule has 5 fully saturated rings. The van der Waals surface area contributed by atoms with Crippen LogP contribution in [0.1, 0.15) is 77.2 Å². The molecule has 0 aromatic heterocycles. The second-order valence-corrected chi connectivity index (χ2v) is 11.2. The van der Waals surface area contributed by atoms with Crippen LogP contribution in [-0.2, 0) is 11.3 Å². The fraction of sp³-hybridized carbons (Fsp3) is 0.769. The van der Waals surface area contributed by atoms with Gasteiger partial charge in [-0.05, 0) is 35.7 Å². The van der Waals surface area contributed by atoms with Gasteiger partial charge in [0.1, 0.15) is 0 Å². The molecule has 28 heavy (non-hydrogen) atoms. The zero-order chi connectivity index (χ0) is 19.1. The first-order valence-electron chi connectivity index (χ1n) is 12.3. The third kappa shape index (κ3) is 3.38. The fourth-order valence-electron chi connectivity index (χ4n) is 8.25. The summed E-state index contributed by atoms with van der Waals surface area (Å²) in [4.78, 5) is 0. The third-order valence-corrected chi connectivity index (χ3v) is 9.76. The van der Waals surface area contributed by atoms with Gasteiger partial charge in [-0.1, -0.05) is 95.0 Å². The predicted octanol–water partition coefficient (Wildman–Crippen LogP) is 7.25. The van der Waals surface area contributed by atoms with Crippen molar-refractivity contribution >= 4 is 6.71 Å². The topological polar surface area (TPSA) is 9.23 Å². The SMILES string of the molecule is CC1(C)[C@H]2CC([B-]3C4CCCC3CCC4)C(CCOCc3ccccc3)[C@@H]1C2. The van der Waals surface area contributed by atoms with Crippen molar-refractivity contribution in [3.63, 3.8) is 0 Å². The highest BCUT2D eigenvalue weighted by atomic mass is 16.5. The quantitative estimate of drug-likeness (QED) is 0.374. The Morgan fingerprint density at radius 2 is 1.64 bits per heavy atom. The minimum atomic E-state index is 0.588. The van der Waals surface area contributed by atoms with Crippen molar-refractivity contribution in [3.05, 3.63) is 35.9 Å². The van der Waals surface area contributed by atoms with Crippen LogP contribution in [0.15, 0.2) is 30.3 Å². The van der Waals surface area contributed by atoms with Crippen molar-refractivity contribution in [1.82, 2.24) is 0 Å². The van der Waals surface area contributed by atoms with Crippen molar-refractivity contribution in [2.45, 2.75) is 95.7 Å². The summed E-state index contributed by atoms with van der Waals surface area (Å²) in [5.41, 5.74) is 1.90. The highest BCUT2D eigenvalue weighted by molar-refractivity contribution is 6.64. The molecule has 2 heterocycles. The first-order valence-corrected chi connectivity index (χ1v) is 12.3. The van der Waals surface area contributed by atoms with Crippen molar-refractivity contribution in [2.24, 2.45) is 23.2 Å². The summed E-state index contributed by atoms with van der Waals surface area (Å²) in [6.45, 7) is 7.94. The summed E-state index contributed by atoms with van der Waals surface area (Å²) in [7, 11) is 0. The molecule has 1 aromatic rings. The van der Waals surface area contributed by atoms with E-state index in [0.717, 1.165) is 55.1 Å². The zero-order valence-electron chi connectivity index (χ0n) is 18.1.